The second-order valence-corrected chi connectivity index (χ2v) is 4.42. The molecule has 0 aliphatic carbocycles. The summed E-state index contributed by atoms with van der Waals surface area (Å²) in [7, 11) is 0. The summed E-state index contributed by atoms with van der Waals surface area (Å²) in [6, 6.07) is 6.14. The summed E-state index contributed by atoms with van der Waals surface area (Å²) in [6.07, 6.45) is 3.07. The Hall–Kier alpha value is -2.15. The zero-order valence-electron chi connectivity index (χ0n) is 10.5. The van der Waals surface area contributed by atoms with Gasteiger partial charge in [-0.2, -0.15) is 0 Å². The maximum absolute atomic E-state index is 11.9. The van der Waals surface area contributed by atoms with E-state index in [9.17, 15) is 14.9 Å². The van der Waals surface area contributed by atoms with Gasteiger partial charge < -0.3 is 0 Å². The van der Waals surface area contributed by atoms with E-state index in [4.69, 9.17) is 5.84 Å². The van der Waals surface area contributed by atoms with Gasteiger partial charge in [0.2, 0.25) is 5.91 Å². The Kier molecular flexibility index (Phi) is 3.96. The number of carbonyl (C=O) groups excluding carboxylic acids is 1. The maximum atomic E-state index is 11.9. The van der Waals surface area contributed by atoms with E-state index in [-0.39, 0.29) is 17.3 Å². The van der Waals surface area contributed by atoms with E-state index in [1.807, 2.05) is 0 Å². The number of carbonyl (C=O) groups is 1. The average molecular weight is 264 g/mol. The monoisotopic (exact) mass is 264 g/mol. The summed E-state index contributed by atoms with van der Waals surface area (Å²) in [5.74, 6) is 5.80. The zero-order chi connectivity index (χ0) is 13.8. The van der Waals surface area contributed by atoms with Crippen molar-refractivity contribution in [3.63, 3.8) is 0 Å². The van der Waals surface area contributed by atoms with Crippen LogP contribution in [0.1, 0.15) is 25.7 Å². The van der Waals surface area contributed by atoms with Gasteiger partial charge in [0.05, 0.1) is 4.92 Å². The fraction of sp³-hybridized carbons (Fsp3) is 0.417. The van der Waals surface area contributed by atoms with Crippen LogP contribution in [0.2, 0.25) is 0 Å². The van der Waals surface area contributed by atoms with Crippen molar-refractivity contribution in [3.05, 3.63) is 34.4 Å². The zero-order valence-corrected chi connectivity index (χ0v) is 10.5. The number of para-hydroxylation sites is 2. The van der Waals surface area contributed by atoms with E-state index < -0.39 is 4.92 Å². The van der Waals surface area contributed by atoms with Crippen LogP contribution in [0, 0.1) is 10.1 Å². The minimum Gasteiger partial charge on any atom is -0.273 e. The molecule has 1 aromatic carbocycles. The lowest BCUT2D eigenvalue weighted by molar-refractivity contribution is -0.384. The van der Waals surface area contributed by atoms with Crippen LogP contribution in [0.25, 0.3) is 0 Å². The molecule has 102 valence electrons. The topological polar surface area (TPSA) is 92.7 Å². The van der Waals surface area contributed by atoms with E-state index in [2.05, 4.69) is 0 Å². The third kappa shape index (κ3) is 2.82. The first-order valence-corrected chi connectivity index (χ1v) is 6.20. The fourth-order valence-corrected chi connectivity index (χ4v) is 2.14. The molecule has 7 nitrogen and oxygen atoms in total. The average Bonchev–Trinajstić information content (AvgIpc) is 2.62. The van der Waals surface area contributed by atoms with Crippen molar-refractivity contribution in [2.45, 2.75) is 25.7 Å². The Labute approximate surface area is 110 Å². The van der Waals surface area contributed by atoms with Crippen LogP contribution >= 0.6 is 0 Å². The Morgan fingerprint density at radius 1 is 1.26 bits per heavy atom. The number of hydrogen-bond acceptors (Lipinski definition) is 5. The SMILES string of the molecule is NN(c1ccccc1[N+](=O)[O-])N1CCCCCC1=O. The third-order valence-electron chi connectivity index (χ3n) is 3.13. The molecule has 0 unspecified atom stereocenters. The largest absolute Gasteiger partial charge is 0.296 e. The summed E-state index contributed by atoms with van der Waals surface area (Å²) in [4.78, 5) is 22.4. The number of hydrogen-bond donors (Lipinski definition) is 1. The second-order valence-electron chi connectivity index (χ2n) is 4.42. The van der Waals surface area contributed by atoms with E-state index >= 15 is 0 Å². The van der Waals surface area contributed by atoms with Crippen LogP contribution in [-0.4, -0.2) is 22.4 Å². The minimum absolute atomic E-state index is 0.0989. The van der Waals surface area contributed by atoms with E-state index in [1.165, 1.54) is 17.1 Å². The quantitative estimate of drug-likeness (QED) is 0.508. The first-order valence-electron chi connectivity index (χ1n) is 6.20. The van der Waals surface area contributed by atoms with Crippen LogP contribution in [0.3, 0.4) is 0 Å². The number of rotatable bonds is 3. The highest BCUT2D eigenvalue weighted by Gasteiger charge is 2.26. The minimum atomic E-state index is -0.502. The number of nitrogens with two attached hydrogens (primary N) is 1. The van der Waals surface area contributed by atoms with Gasteiger partial charge in [-0.1, -0.05) is 18.6 Å². The number of amides is 1. The molecule has 1 fully saturated rings. The third-order valence-corrected chi connectivity index (χ3v) is 3.13. The fourth-order valence-electron chi connectivity index (χ4n) is 2.14. The molecule has 2 N–H and O–H groups in total. The predicted octanol–water partition coefficient (Wildman–Crippen LogP) is 1.59. The number of benzene rings is 1. The van der Waals surface area contributed by atoms with Gasteiger partial charge >= 0.3 is 0 Å². The van der Waals surface area contributed by atoms with Gasteiger partial charge in [-0.05, 0) is 18.9 Å². The van der Waals surface area contributed by atoms with Crippen molar-refractivity contribution in [1.82, 2.24) is 5.01 Å². The number of nitro groups is 1. The van der Waals surface area contributed by atoms with Crippen molar-refractivity contribution < 1.29 is 9.72 Å². The molecule has 1 amide bonds. The Balaban J connectivity index is 2.30. The Bertz CT molecular complexity index is 492. The summed E-state index contributed by atoms with van der Waals surface area (Å²) >= 11 is 0. The van der Waals surface area contributed by atoms with Gasteiger partial charge in [-0.3, -0.25) is 14.9 Å². The Morgan fingerprint density at radius 2 is 2.00 bits per heavy atom. The van der Waals surface area contributed by atoms with Crippen molar-refractivity contribution in [3.8, 4) is 0 Å². The standard InChI is InChI=1S/C12H16N4O3/c13-15(14-9-5-1-2-8-12(14)17)10-6-3-4-7-11(10)16(18)19/h3-4,6-7H,1-2,5,8-9,13H2. The molecular formula is C12H16N4O3. The van der Waals surface area contributed by atoms with Crippen LogP contribution in [0.15, 0.2) is 24.3 Å². The molecule has 19 heavy (non-hydrogen) atoms. The molecule has 0 saturated carbocycles. The molecule has 7 heteroatoms. The molecule has 1 saturated heterocycles. The van der Waals surface area contributed by atoms with Gasteiger partial charge in [-0.25, -0.2) is 16.0 Å². The molecule has 0 aromatic heterocycles. The number of anilines is 1. The molecule has 0 spiro atoms. The number of nitro benzene ring substituents is 1. The Morgan fingerprint density at radius 3 is 2.74 bits per heavy atom. The first kappa shape index (κ1) is 13.3. The van der Waals surface area contributed by atoms with Crippen LogP contribution in [0.4, 0.5) is 11.4 Å². The summed E-state index contributed by atoms with van der Waals surface area (Å²) in [5, 5.41) is 13.5. The molecule has 2 rings (SSSR count). The van der Waals surface area contributed by atoms with Gasteiger partial charge in [0.25, 0.3) is 5.69 Å². The van der Waals surface area contributed by atoms with E-state index in [0.29, 0.717) is 13.0 Å². The van der Waals surface area contributed by atoms with Gasteiger partial charge in [0.1, 0.15) is 0 Å². The van der Waals surface area contributed by atoms with Crippen molar-refractivity contribution in [2.24, 2.45) is 5.84 Å². The second kappa shape index (κ2) is 5.66. The molecule has 1 heterocycles. The summed E-state index contributed by atoms with van der Waals surface area (Å²) in [6.45, 7) is 0.487. The molecule has 1 aromatic rings. The molecular weight excluding hydrogens is 248 g/mol. The van der Waals surface area contributed by atoms with Crippen LogP contribution in [0.5, 0.6) is 0 Å². The molecule has 0 bridgehead atoms. The van der Waals surface area contributed by atoms with E-state index in [0.717, 1.165) is 24.4 Å². The lowest BCUT2D eigenvalue weighted by Crippen LogP contribution is -2.51. The number of nitrogens with zero attached hydrogens (tertiary/aromatic N) is 3. The van der Waals surface area contributed by atoms with Gasteiger partial charge in [-0.15, -0.1) is 0 Å². The normalized spacial score (nSPS) is 16.1. The molecule has 0 atom stereocenters. The van der Waals surface area contributed by atoms with Crippen LogP contribution < -0.4 is 11.0 Å². The van der Waals surface area contributed by atoms with Crippen molar-refractivity contribution in [1.29, 1.82) is 0 Å². The van der Waals surface area contributed by atoms with Crippen LogP contribution in [-0.2, 0) is 4.79 Å². The molecule has 0 radical (unpaired) electrons. The van der Waals surface area contributed by atoms with Gasteiger partial charge in [0.15, 0.2) is 5.69 Å². The lowest BCUT2D eigenvalue weighted by atomic mass is 10.2. The predicted molar refractivity (Wildman–Crippen MR) is 69.9 cm³/mol. The molecule has 1 aliphatic rings. The van der Waals surface area contributed by atoms with Crippen molar-refractivity contribution >= 4 is 17.3 Å². The smallest absolute Gasteiger partial charge is 0.273 e. The highest BCUT2D eigenvalue weighted by molar-refractivity contribution is 5.79. The van der Waals surface area contributed by atoms with E-state index in [1.54, 1.807) is 12.1 Å². The first-order chi connectivity index (χ1) is 9.11. The maximum Gasteiger partial charge on any atom is 0.296 e. The highest BCUT2D eigenvalue weighted by Crippen LogP contribution is 2.27. The number of hydrazine groups is 2. The lowest BCUT2D eigenvalue weighted by Gasteiger charge is -2.31. The van der Waals surface area contributed by atoms with Crippen molar-refractivity contribution in [2.75, 3.05) is 11.7 Å². The summed E-state index contributed by atoms with van der Waals surface area (Å²) in [5.41, 5.74) is 0.116. The van der Waals surface area contributed by atoms with Gasteiger partial charge in [0, 0.05) is 19.0 Å². The highest BCUT2D eigenvalue weighted by atomic mass is 16.6. The molecule has 1 aliphatic heterocycles. The summed E-state index contributed by atoms with van der Waals surface area (Å²) < 4.78 is 0.